The molecule has 0 amide bonds. The smallest absolute Gasteiger partial charge is 0.0291 e. The van der Waals surface area contributed by atoms with Crippen LogP contribution in [0.5, 0.6) is 0 Å². The minimum Gasteiger partial charge on any atom is -0.310 e. The molecule has 0 saturated heterocycles. The SMILES string of the molecule is C[C@@H](NCCC/C=C\CCCN[C@H](C)c1ccccc1)c1ccccc1. The summed E-state index contributed by atoms with van der Waals surface area (Å²) in [7, 11) is 0. The quantitative estimate of drug-likeness (QED) is 0.373. The molecular weight excluding hydrogens is 316 g/mol. The van der Waals surface area contributed by atoms with Crippen molar-refractivity contribution in [2.45, 2.75) is 51.6 Å². The summed E-state index contributed by atoms with van der Waals surface area (Å²) in [4.78, 5) is 0. The zero-order valence-electron chi connectivity index (χ0n) is 16.3. The van der Waals surface area contributed by atoms with Crippen molar-refractivity contribution >= 4 is 0 Å². The van der Waals surface area contributed by atoms with Gasteiger partial charge in [0.2, 0.25) is 0 Å². The summed E-state index contributed by atoms with van der Waals surface area (Å²) in [6, 6.07) is 22.1. The molecule has 0 bridgehead atoms. The Labute approximate surface area is 159 Å². The van der Waals surface area contributed by atoms with E-state index in [4.69, 9.17) is 0 Å². The van der Waals surface area contributed by atoms with Crippen LogP contribution in [0, 0.1) is 0 Å². The summed E-state index contributed by atoms with van der Waals surface area (Å²) < 4.78 is 0. The highest BCUT2D eigenvalue weighted by Gasteiger charge is 2.03. The van der Waals surface area contributed by atoms with Gasteiger partial charge in [0, 0.05) is 12.1 Å². The summed E-state index contributed by atoms with van der Waals surface area (Å²) in [5.74, 6) is 0. The lowest BCUT2D eigenvalue weighted by molar-refractivity contribution is 0.557. The normalized spacial score (nSPS) is 13.8. The fraction of sp³-hybridized carbons (Fsp3) is 0.417. The first-order chi connectivity index (χ1) is 12.8. The molecule has 0 radical (unpaired) electrons. The minimum absolute atomic E-state index is 0.429. The van der Waals surface area contributed by atoms with Crippen LogP contribution in [-0.2, 0) is 0 Å². The monoisotopic (exact) mass is 350 g/mol. The summed E-state index contributed by atoms with van der Waals surface area (Å²) in [6.45, 7) is 6.59. The largest absolute Gasteiger partial charge is 0.310 e. The average Bonchev–Trinajstić information content (AvgIpc) is 2.70. The zero-order valence-corrected chi connectivity index (χ0v) is 16.3. The van der Waals surface area contributed by atoms with Gasteiger partial charge in [0.1, 0.15) is 0 Å². The number of nitrogens with one attached hydrogen (secondary N) is 2. The van der Waals surface area contributed by atoms with Gasteiger partial charge in [-0.15, -0.1) is 0 Å². The second-order valence-corrected chi connectivity index (χ2v) is 6.93. The summed E-state index contributed by atoms with van der Waals surface area (Å²) in [6.07, 6.45) is 9.35. The molecule has 2 aromatic carbocycles. The second-order valence-electron chi connectivity index (χ2n) is 6.93. The topological polar surface area (TPSA) is 24.1 Å². The highest BCUT2D eigenvalue weighted by atomic mass is 14.9. The molecule has 2 atom stereocenters. The number of benzene rings is 2. The predicted octanol–water partition coefficient (Wildman–Crippen LogP) is 5.80. The molecule has 0 heterocycles. The maximum absolute atomic E-state index is 3.59. The van der Waals surface area contributed by atoms with Crippen LogP contribution in [0.15, 0.2) is 72.8 Å². The second kappa shape index (κ2) is 12.5. The molecule has 140 valence electrons. The van der Waals surface area contributed by atoms with E-state index in [2.05, 4.69) is 97.3 Å². The third-order valence-corrected chi connectivity index (χ3v) is 4.76. The summed E-state index contributed by atoms with van der Waals surface area (Å²) in [5, 5.41) is 7.19. The number of hydrogen-bond donors (Lipinski definition) is 2. The molecule has 0 aliphatic carbocycles. The maximum Gasteiger partial charge on any atom is 0.0291 e. The Morgan fingerprint density at radius 2 is 1.04 bits per heavy atom. The Morgan fingerprint density at radius 3 is 1.42 bits per heavy atom. The third kappa shape index (κ3) is 7.99. The van der Waals surface area contributed by atoms with Crippen molar-refractivity contribution in [3.8, 4) is 0 Å². The van der Waals surface area contributed by atoms with Crippen molar-refractivity contribution < 1.29 is 0 Å². The van der Waals surface area contributed by atoms with Crippen LogP contribution in [-0.4, -0.2) is 13.1 Å². The van der Waals surface area contributed by atoms with Crippen molar-refractivity contribution in [1.82, 2.24) is 10.6 Å². The van der Waals surface area contributed by atoms with Crippen LogP contribution >= 0.6 is 0 Å². The Kier molecular flexibility index (Phi) is 9.78. The van der Waals surface area contributed by atoms with Gasteiger partial charge in [0.05, 0.1) is 0 Å². The zero-order chi connectivity index (χ0) is 18.5. The first-order valence-electron chi connectivity index (χ1n) is 9.99. The van der Waals surface area contributed by atoms with Crippen molar-refractivity contribution in [2.24, 2.45) is 0 Å². The van der Waals surface area contributed by atoms with Gasteiger partial charge >= 0.3 is 0 Å². The molecule has 2 aromatic rings. The number of allylic oxidation sites excluding steroid dienone is 2. The molecule has 0 fully saturated rings. The van der Waals surface area contributed by atoms with E-state index in [1.165, 1.54) is 24.0 Å². The van der Waals surface area contributed by atoms with Crippen molar-refractivity contribution in [3.05, 3.63) is 83.9 Å². The molecule has 0 saturated carbocycles. The highest BCUT2D eigenvalue weighted by molar-refractivity contribution is 5.18. The first kappa shape index (κ1) is 20.4. The van der Waals surface area contributed by atoms with Gasteiger partial charge in [-0.3, -0.25) is 0 Å². The van der Waals surface area contributed by atoms with Crippen molar-refractivity contribution in [2.75, 3.05) is 13.1 Å². The minimum atomic E-state index is 0.429. The number of rotatable bonds is 12. The van der Waals surface area contributed by atoms with Gasteiger partial charge < -0.3 is 10.6 Å². The van der Waals surface area contributed by atoms with Gasteiger partial charge in [-0.25, -0.2) is 0 Å². The van der Waals surface area contributed by atoms with E-state index in [0.717, 1.165) is 25.9 Å². The van der Waals surface area contributed by atoms with Crippen LogP contribution < -0.4 is 10.6 Å². The van der Waals surface area contributed by atoms with Crippen LogP contribution in [0.1, 0.15) is 62.7 Å². The molecule has 2 heteroatoms. The molecule has 0 aliphatic rings. The van der Waals surface area contributed by atoms with Gasteiger partial charge in [-0.1, -0.05) is 72.8 Å². The van der Waals surface area contributed by atoms with Gasteiger partial charge in [0.25, 0.3) is 0 Å². The van der Waals surface area contributed by atoms with Gasteiger partial charge in [-0.05, 0) is 63.7 Å². The summed E-state index contributed by atoms with van der Waals surface area (Å²) in [5.41, 5.74) is 2.72. The third-order valence-electron chi connectivity index (χ3n) is 4.76. The Balaban J connectivity index is 1.46. The molecule has 0 aromatic heterocycles. The predicted molar refractivity (Wildman–Crippen MR) is 113 cm³/mol. The lowest BCUT2D eigenvalue weighted by atomic mass is 10.1. The average molecular weight is 351 g/mol. The Hall–Kier alpha value is -1.90. The first-order valence-corrected chi connectivity index (χ1v) is 9.99. The highest BCUT2D eigenvalue weighted by Crippen LogP contribution is 2.12. The lowest BCUT2D eigenvalue weighted by Gasteiger charge is -2.13. The lowest BCUT2D eigenvalue weighted by Crippen LogP contribution is -2.19. The molecule has 2 rings (SSSR count). The Bertz CT molecular complexity index is 551. The molecule has 2 nitrogen and oxygen atoms in total. The van der Waals surface area contributed by atoms with E-state index in [9.17, 15) is 0 Å². The van der Waals surface area contributed by atoms with Crippen molar-refractivity contribution in [3.63, 3.8) is 0 Å². The van der Waals surface area contributed by atoms with E-state index in [-0.39, 0.29) is 0 Å². The van der Waals surface area contributed by atoms with Gasteiger partial charge in [0.15, 0.2) is 0 Å². The fourth-order valence-electron chi connectivity index (χ4n) is 3.03. The molecule has 2 N–H and O–H groups in total. The van der Waals surface area contributed by atoms with E-state index >= 15 is 0 Å². The molecular formula is C24H34N2. The maximum atomic E-state index is 3.59. The molecule has 0 unspecified atom stereocenters. The fourth-order valence-corrected chi connectivity index (χ4v) is 3.03. The number of hydrogen-bond acceptors (Lipinski definition) is 2. The van der Waals surface area contributed by atoms with Crippen molar-refractivity contribution in [1.29, 1.82) is 0 Å². The van der Waals surface area contributed by atoms with E-state index in [0.29, 0.717) is 12.1 Å². The molecule has 0 spiro atoms. The Morgan fingerprint density at radius 1 is 0.654 bits per heavy atom. The van der Waals surface area contributed by atoms with Crippen LogP contribution in [0.25, 0.3) is 0 Å². The molecule has 26 heavy (non-hydrogen) atoms. The van der Waals surface area contributed by atoms with E-state index in [1.54, 1.807) is 0 Å². The van der Waals surface area contributed by atoms with Gasteiger partial charge in [-0.2, -0.15) is 0 Å². The van der Waals surface area contributed by atoms with Crippen LogP contribution in [0.3, 0.4) is 0 Å². The number of unbranched alkanes of at least 4 members (excludes halogenated alkanes) is 2. The molecule has 0 aliphatic heterocycles. The van der Waals surface area contributed by atoms with Crippen LogP contribution in [0.2, 0.25) is 0 Å². The van der Waals surface area contributed by atoms with E-state index < -0.39 is 0 Å². The van der Waals surface area contributed by atoms with Crippen LogP contribution in [0.4, 0.5) is 0 Å². The van der Waals surface area contributed by atoms with E-state index in [1.807, 2.05) is 0 Å². The summed E-state index contributed by atoms with van der Waals surface area (Å²) >= 11 is 0. The standard InChI is InChI=1S/C24H34N2/c1-21(23-15-9-7-10-16-23)25-19-13-5-3-4-6-14-20-26-22(2)24-17-11-8-12-18-24/h3-4,7-12,15-18,21-22,25-26H,5-6,13-14,19-20H2,1-2H3/b4-3-/t21-,22-/m1/s1.